The van der Waals surface area contributed by atoms with Gasteiger partial charge in [-0.05, 0) is 90.1 Å². The first kappa shape index (κ1) is 19.6. The van der Waals surface area contributed by atoms with E-state index in [4.69, 9.17) is 0 Å². The van der Waals surface area contributed by atoms with Gasteiger partial charge in [-0.1, -0.05) is 0 Å². The number of nitrogens with one attached hydrogen (secondary N) is 1. The fourth-order valence-corrected chi connectivity index (χ4v) is 3.21. The number of anilines is 1. The van der Waals surface area contributed by atoms with Crippen LogP contribution in [-0.4, -0.2) is 61.8 Å². The van der Waals surface area contributed by atoms with Crippen molar-refractivity contribution in [1.29, 1.82) is 0 Å². The molecule has 25 heavy (non-hydrogen) atoms. The smallest absolute Gasteiger partial charge is 0.225 e. The van der Waals surface area contributed by atoms with Crippen LogP contribution in [0.5, 0.6) is 0 Å². The lowest BCUT2D eigenvalue weighted by Crippen LogP contribution is -2.36. The zero-order valence-corrected chi connectivity index (χ0v) is 15.8. The van der Waals surface area contributed by atoms with Gasteiger partial charge in [-0.25, -0.2) is 0 Å². The number of rotatable bonds is 8. The van der Waals surface area contributed by atoms with E-state index in [-0.39, 0.29) is 11.7 Å². The Labute approximate surface area is 151 Å². The summed E-state index contributed by atoms with van der Waals surface area (Å²) in [6, 6.07) is 7.06. The predicted octanol–water partition coefficient (Wildman–Crippen LogP) is 2.88. The Morgan fingerprint density at radius 3 is 2.36 bits per heavy atom. The normalized spacial score (nSPS) is 16.2. The number of carbonyl (C=O) groups excluding carboxylic acids is 2. The van der Waals surface area contributed by atoms with Crippen LogP contribution in [-0.2, 0) is 4.79 Å². The van der Waals surface area contributed by atoms with Crippen molar-refractivity contribution in [1.82, 2.24) is 9.80 Å². The third-order valence-corrected chi connectivity index (χ3v) is 4.92. The molecule has 0 aliphatic carbocycles. The lowest BCUT2D eigenvalue weighted by molar-refractivity contribution is -0.116. The lowest BCUT2D eigenvalue weighted by atomic mass is 9.93. The number of likely N-dealkylation sites (tertiary alicyclic amines) is 1. The van der Waals surface area contributed by atoms with Crippen LogP contribution in [0.4, 0.5) is 5.69 Å². The van der Waals surface area contributed by atoms with Gasteiger partial charge in [0.15, 0.2) is 5.78 Å². The molecule has 0 unspecified atom stereocenters. The van der Waals surface area contributed by atoms with Crippen LogP contribution in [0.25, 0.3) is 0 Å². The fourth-order valence-electron chi connectivity index (χ4n) is 3.21. The van der Waals surface area contributed by atoms with Gasteiger partial charge in [0.2, 0.25) is 5.91 Å². The minimum absolute atomic E-state index is 0.0327. The van der Waals surface area contributed by atoms with Gasteiger partial charge in [0.1, 0.15) is 0 Å². The molecule has 5 nitrogen and oxygen atoms in total. The SMILES string of the molecule is CC(=O)c1ccc(NC(=O)CCN2CCC(CCN(C)C)CC2)cc1. The first-order valence-corrected chi connectivity index (χ1v) is 9.22. The lowest BCUT2D eigenvalue weighted by Gasteiger charge is -2.32. The largest absolute Gasteiger partial charge is 0.326 e. The third kappa shape index (κ3) is 6.96. The van der Waals surface area contributed by atoms with Gasteiger partial charge >= 0.3 is 0 Å². The van der Waals surface area contributed by atoms with Gasteiger partial charge in [-0.15, -0.1) is 0 Å². The molecular formula is C20H31N3O2. The van der Waals surface area contributed by atoms with Crippen LogP contribution >= 0.6 is 0 Å². The van der Waals surface area contributed by atoms with Crippen LogP contribution in [0.1, 0.15) is 43.0 Å². The van der Waals surface area contributed by atoms with Gasteiger partial charge in [-0.2, -0.15) is 0 Å². The second-order valence-electron chi connectivity index (χ2n) is 7.31. The topological polar surface area (TPSA) is 52.7 Å². The fraction of sp³-hybridized carbons (Fsp3) is 0.600. The minimum Gasteiger partial charge on any atom is -0.326 e. The summed E-state index contributed by atoms with van der Waals surface area (Å²) in [6.45, 7) is 5.71. The number of ketones is 1. The van der Waals surface area contributed by atoms with Crippen molar-refractivity contribution in [3.05, 3.63) is 29.8 Å². The van der Waals surface area contributed by atoms with Gasteiger partial charge in [0, 0.05) is 24.2 Å². The first-order valence-electron chi connectivity index (χ1n) is 9.22. The van der Waals surface area contributed by atoms with Gasteiger partial charge < -0.3 is 15.1 Å². The van der Waals surface area contributed by atoms with Crippen LogP contribution in [0.3, 0.4) is 0 Å². The summed E-state index contributed by atoms with van der Waals surface area (Å²) in [5.74, 6) is 0.893. The van der Waals surface area contributed by atoms with E-state index < -0.39 is 0 Å². The Bertz CT molecular complexity index is 561. The second kappa shape index (κ2) is 9.68. The van der Waals surface area contributed by atoms with Crippen LogP contribution < -0.4 is 5.32 Å². The molecule has 1 amide bonds. The summed E-state index contributed by atoms with van der Waals surface area (Å²) in [6.07, 6.45) is 4.26. The van der Waals surface area contributed by atoms with E-state index in [0.717, 1.165) is 37.8 Å². The Morgan fingerprint density at radius 2 is 1.80 bits per heavy atom. The first-order chi connectivity index (χ1) is 11.9. The highest BCUT2D eigenvalue weighted by atomic mass is 16.1. The molecule has 138 valence electrons. The molecule has 1 fully saturated rings. The second-order valence-corrected chi connectivity index (χ2v) is 7.31. The van der Waals surface area contributed by atoms with Gasteiger partial charge in [0.25, 0.3) is 0 Å². The average molecular weight is 345 g/mol. The molecule has 0 saturated carbocycles. The molecule has 1 aliphatic heterocycles. The van der Waals surface area contributed by atoms with Crippen molar-refractivity contribution in [2.75, 3.05) is 45.6 Å². The number of nitrogens with zero attached hydrogens (tertiary/aromatic N) is 2. The highest BCUT2D eigenvalue weighted by Crippen LogP contribution is 2.20. The van der Waals surface area contributed by atoms with Crippen molar-refractivity contribution in [2.24, 2.45) is 5.92 Å². The highest BCUT2D eigenvalue weighted by Gasteiger charge is 2.19. The standard InChI is InChI=1S/C20H31N3O2/c1-16(24)18-4-6-19(7-5-18)21-20(25)11-15-23-13-9-17(10-14-23)8-12-22(2)3/h4-7,17H,8-15H2,1-3H3,(H,21,25). The molecule has 2 rings (SSSR count). The summed E-state index contributed by atoms with van der Waals surface area (Å²) in [7, 11) is 4.25. The zero-order valence-electron chi connectivity index (χ0n) is 15.8. The number of hydrogen-bond acceptors (Lipinski definition) is 4. The molecule has 0 radical (unpaired) electrons. The van der Waals surface area contributed by atoms with Gasteiger partial charge in [0.05, 0.1) is 0 Å². The maximum atomic E-state index is 12.1. The highest BCUT2D eigenvalue weighted by molar-refractivity contribution is 5.95. The zero-order chi connectivity index (χ0) is 18.2. The van der Waals surface area contributed by atoms with Crippen molar-refractivity contribution >= 4 is 17.4 Å². The third-order valence-electron chi connectivity index (χ3n) is 4.92. The molecule has 1 saturated heterocycles. The van der Waals surface area contributed by atoms with E-state index in [1.54, 1.807) is 24.3 Å². The summed E-state index contributed by atoms with van der Waals surface area (Å²) in [4.78, 5) is 28.0. The van der Waals surface area contributed by atoms with E-state index in [1.165, 1.54) is 26.2 Å². The molecule has 1 aromatic rings. The minimum atomic E-state index is 0.0327. The van der Waals surface area contributed by atoms with Crippen molar-refractivity contribution in [3.63, 3.8) is 0 Å². The maximum absolute atomic E-state index is 12.1. The van der Waals surface area contributed by atoms with Crippen molar-refractivity contribution < 1.29 is 9.59 Å². The van der Waals surface area contributed by atoms with Crippen LogP contribution in [0.2, 0.25) is 0 Å². The van der Waals surface area contributed by atoms with Crippen molar-refractivity contribution in [3.8, 4) is 0 Å². The molecule has 5 heteroatoms. The average Bonchev–Trinajstić information content (AvgIpc) is 2.59. The molecule has 0 atom stereocenters. The predicted molar refractivity (Wildman–Crippen MR) is 102 cm³/mol. The molecule has 0 bridgehead atoms. The summed E-state index contributed by atoms with van der Waals surface area (Å²) >= 11 is 0. The Hall–Kier alpha value is -1.72. The molecule has 1 aliphatic rings. The molecule has 1 heterocycles. The van der Waals surface area contributed by atoms with E-state index >= 15 is 0 Å². The number of benzene rings is 1. The Morgan fingerprint density at radius 1 is 1.16 bits per heavy atom. The number of hydrogen-bond donors (Lipinski definition) is 1. The number of Topliss-reactive ketones (excluding diaryl/α,β-unsaturated/α-hetero) is 1. The number of piperidine rings is 1. The molecule has 1 N–H and O–H groups in total. The maximum Gasteiger partial charge on any atom is 0.225 e. The Balaban J connectivity index is 1.66. The van der Waals surface area contributed by atoms with Gasteiger partial charge in [-0.3, -0.25) is 9.59 Å². The van der Waals surface area contributed by atoms with E-state index in [2.05, 4.69) is 29.2 Å². The van der Waals surface area contributed by atoms with E-state index in [9.17, 15) is 9.59 Å². The number of carbonyl (C=O) groups is 2. The van der Waals surface area contributed by atoms with Crippen LogP contribution in [0, 0.1) is 5.92 Å². The van der Waals surface area contributed by atoms with E-state index in [1.807, 2.05) is 0 Å². The Kier molecular flexibility index (Phi) is 7.59. The van der Waals surface area contributed by atoms with Crippen molar-refractivity contribution in [2.45, 2.75) is 32.6 Å². The van der Waals surface area contributed by atoms with Crippen LogP contribution in [0.15, 0.2) is 24.3 Å². The molecule has 1 aromatic carbocycles. The molecule has 0 aromatic heterocycles. The molecule has 0 spiro atoms. The van der Waals surface area contributed by atoms with E-state index in [0.29, 0.717) is 12.0 Å². The summed E-state index contributed by atoms with van der Waals surface area (Å²) in [5, 5.41) is 2.91. The monoisotopic (exact) mass is 345 g/mol. The summed E-state index contributed by atoms with van der Waals surface area (Å²) in [5.41, 5.74) is 1.41. The molecular weight excluding hydrogens is 314 g/mol. The quantitative estimate of drug-likeness (QED) is 0.736. The summed E-state index contributed by atoms with van der Waals surface area (Å²) < 4.78 is 0. The number of amides is 1.